The number of rotatable bonds is 4. The van der Waals surface area contributed by atoms with Gasteiger partial charge >= 0.3 is 0 Å². The number of nitrogens with two attached hydrogens (primary N) is 1. The maximum absolute atomic E-state index is 6.18. The molecule has 1 aromatic rings. The van der Waals surface area contributed by atoms with Gasteiger partial charge in [0.1, 0.15) is 17.7 Å². The van der Waals surface area contributed by atoms with E-state index in [9.17, 15) is 0 Å². The Bertz CT molecular complexity index is 449. The Balaban J connectivity index is 2.15. The van der Waals surface area contributed by atoms with E-state index in [-0.39, 0.29) is 6.10 Å². The second kappa shape index (κ2) is 6.39. The number of aryl methyl sites for hydroxylation is 1. The lowest BCUT2D eigenvalue weighted by Gasteiger charge is -2.37. The molecule has 5 heteroatoms. The zero-order valence-corrected chi connectivity index (χ0v) is 12.9. The molecule has 5 nitrogen and oxygen atoms in total. The Hall–Kier alpha value is -1.36. The summed E-state index contributed by atoms with van der Waals surface area (Å²) >= 11 is 0. The highest BCUT2D eigenvalue weighted by Crippen LogP contribution is 2.35. The van der Waals surface area contributed by atoms with Crippen LogP contribution in [0.5, 0.6) is 5.88 Å². The van der Waals surface area contributed by atoms with E-state index in [0.29, 0.717) is 35.3 Å². The highest BCUT2D eigenvalue weighted by atomic mass is 16.5. The summed E-state index contributed by atoms with van der Waals surface area (Å²) in [5.41, 5.74) is 2.56. The summed E-state index contributed by atoms with van der Waals surface area (Å²) in [6.45, 7) is 8.69. The molecule has 0 saturated heterocycles. The molecule has 1 fully saturated rings. The third-order valence-corrected chi connectivity index (χ3v) is 4.20. The summed E-state index contributed by atoms with van der Waals surface area (Å²) in [5.74, 6) is 9.24. The molecule has 0 aromatic carbocycles. The van der Waals surface area contributed by atoms with E-state index in [1.165, 1.54) is 12.8 Å². The summed E-state index contributed by atoms with van der Waals surface area (Å²) in [7, 11) is 0. The van der Waals surface area contributed by atoms with E-state index in [0.717, 1.165) is 6.42 Å². The van der Waals surface area contributed by atoms with Crippen molar-refractivity contribution in [1.29, 1.82) is 0 Å². The van der Waals surface area contributed by atoms with Gasteiger partial charge in [-0.1, -0.05) is 27.2 Å². The lowest BCUT2D eigenvalue weighted by atomic mass is 9.75. The second-order valence-electron chi connectivity index (χ2n) is 6.27. The maximum atomic E-state index is 6.18. The molecular weight excluding hydrogens is 252 g/mol. The number of anilines is 1. The standard InChI is InChI=1S/C15H26N4O/c1-9(2)12-6-5-10(3)7-13(12)20-15-8-14(19-16)17-11(4)18-15/h8-10,12-13H,5-7,16H2,1-4H3,(H,17,18,19). The minimum Gasteiger partial charge on any atom is -0.474 e. The van der Waals surface area contributed by atoms with E-state index in [4.69, 9.17) is 10.6 Å². The second-order valence-corrected chi connectivity index (χ2v) is 6.27. The van der Waals surface area contributed by atoms with Crippen molar-refractivity contribution in [2.45, 2.75) is 53.1 Å². The van der Waals surface area contributed by atoms with Gasteiger partial charge in [-0.3, -0.25) is 0 Å². The average molecular weight is 278 g/mol. The Kier molecular flexibility index (Phi) is 4.81. The van der Waals surface area contributed by atoms with Crippen molar-refractivity contribution in [2.75, 3.05) is 5.43 Å². The van der Waals surface area contributed by atoms with Crippen molar-refractivity contribution in [3.63, 3.8) is 0 Å². The molecule has 1 aliphatic rings. The van der Waals surface area contributed by atoms with Crippen LogP contribution in [0.25, 0.3) is 0 Å². The molecule has 20 heavy (non-hydrogen) atoms. The van der Waals surface area contributed by atoms with E-state index in [1.54, 1.807) is 6.07 Å². The van der Waals surface area contributed by atoms with Gasteiger partial charge in [-0.05, 0) is 37.5 Å². The normalized spacial score (nSPS) is 26.6. The SMILES string of the molecule is Cc1nc(NN)cc(OC2CC(C)CCC2C(C)C)n1. The fourth-order valence-corrected chi connectivity index (χ4v) is 3.08. The van der Waals surface area contributed by atoms with Gasteiger partial charge in [-0.2, -0.15) is 4.98 Å². The predicted molar refractivity (Wildman–Crippen MR) is 80.3 cm³/mol. The average Bonchev–Trinajstić information content (AvgIpc) is 2.37. The van der Waals surface area contributed by atoms with Crippen molar-refractivity contribution in [3.8, 4) is 5.88 Å². The zero-order chi connectivity index (χ0) is 14.7. The van der Waals surface area contributed by atoms with Gasteiger partial charge in [0, 0.05) is 6.07 Å². The van der Waals surface area contributed by atoms with E-state index < -0.39 is 0 Å². The first kappa shape index (κ1) is 15.0. The molecule has 3 N–H and O–H groups in total. The fourth-order valence-electron chi connectivity index (χ4n) is 3.08. The van der Waals surface area contributed by atoms with Crippen LogP contribution in [0.2, 0.25) is 0 Å². The quantitative estimate of drug-likeness (QED) is 0.654. The van der Waals surface area contributed by atoms with Crippen molar-refractivity contribution < 1.29 is 4.74 Å². The number of hydrogen-bond acceptors (Lipinski definition) is 5. The van der Waals surface area contributed by atoms with Crippen LogP contribution < -0.4 is 16.0 Å². The van der Waals surface area contributed by atoms with Gasteiger partial charge in [0.05, 0.1) is 0 Å². The topological polar surface area (TPSA) is 73.1 Å². The van der Waals surface area contributed by atoms with Gasteiger partial charge in [-0.25, -0.2) is 10.8 Å². The third kappa shape index (κ3) is 3.60. The molecule has 0 bridgehead atoms. The van der Waals surface area contributed by atoms with Crippen molar-refractivity contribution in [2.24, 2.45) is 23.6 Å². The molecule has 0 aliphatic heterocycles. The molecule has 0 amide bonds. The highest BCUT2D eigenvalue weighted by Gasteiger charge is 2.32. The summed E-state index contributed by atoms with van der Waals surface area (Å²) < 4.78 is 6.18. The Morgan fingerprint density at radius 3 is 2.75 bits per heavy atom. The Morgan fingerprint density at radius 1 is 1.35 bits per heavy atom. The molecule has 1 aliphatic carbocycles. The molecule has 1 saturated carbocycles. The van der Waals surface area contributed by atoms with Gasteiger partial charge in [0.2, 0.25) is 5.88 Å². The van der Waals surface area contributed by atoms with Gasteiger partial charge in [0.15, 0.2) is 0 Å². The van der Waals surface area contributed by atoms with Crippen LogP contribution in [0.15, 0.2) is 6.07 Å². The molecule has 3 atom stereocenters. The predicted octanol–water partition coefficient (Wildman–Crippen LogP) is 2.91. The van der Waals surface area contributed by atoms with Crippen molar-refractivity contribution in [1.82, 2.24) is 9.97 Å². The number of nitrogens with one attached hydrogen (secondary N) is 1. The molecule has 2 rings (SSSR count). The number of nitrogens with zero attached hydrogens (tertiary/aromatic N) is 2. The molecule has 1 heterocycles. The molecule has 0 radical (unpaired) electrons. The Morgan fingerprint density at radius 2 is 2.10 bits per heavy atom. The van der Waals surface area contributed by atoms with Crippen LogP contribution in [0, 0.1) is 24.7 Å². The summed E-state index contributed by atoms with van der Waals surface area (Å²) in [5, 5.41) is 0. The van der Waals surface area contributed by atoms with E-state index >= 15 is 0 Å². The molecule has 1 aromatic heterocycles. The zero-order valence-electron chi connectivity index (χ0n) is 12.9. The monoisotopic (exact) mass is 278 g/mol. The highest BCUT2D eigenvalue weighted by molar-refractivity contribution is 5.36. The van der Waals surface area contributed by atoms with Crippen LogP contribution in [0.3, 0.4) is 0 Å². The molecule has 3 unspecified atom stereocenters. The number of ether oxygens (including phenoxy) is 1. The first-order valence-corrected chi connectivity index (χ1v) is 7.48. The van der Waals surface area contributed by atoms with E-state index in [1.807, 2.05) is 6.92 Å². The van der Waals surface area contributed by atoms with Crippen molar-refractivity contribution in [3.05, 3.63) is 11.9 Å². The van der Waals surface area contributed by atoms with Gasteiger partial charge in [0.25, 0.3) is 0 Å². The minimum absolute atomic E-state index is 0.235. The first-order chi connectivity index (χ1) is 9.49. The van der Waals surface area contributed by atoms with Crippen LogP contribution in [0.1, 0.15) is 45.9 Å². The molecule has 112 valence electrons. The van der Waals surface area contributed by atoms with E-state index in [2.05, 4.69) is 36.2 Å². The summed E-state index contributed by atoms with van der Waals surface area (Å²) in [6, 6.07) is 1.77. The Labute approximate surface area is 121 Å². The van der Waals surface area contributed by atoms with Crippen molar-refractivity contribution >= 4 is 5.82 Å². The lowest BCUT2D eigenvalue weighted by molar-refractivity contribution is 0.0425. The number of aromatic nitrogens is 2. The summed E-state index contributed by atoms with van der Waals surface area (Å²) in [4.78, 5) is 8.55. The van der Waals surface area contributed by atoms with Crippen LogP contribution in [-0.4, -0.2) is 16.1 Å². The summed E-state index contributed by atoms with van der Waals surface area (Å²) in [6.07, 6.45) is 3.85. The number of hydrogen-bond donors (Lipinski definition) is 2. The molecular formula is C15H26N4O. The first-order valence-electron chi connectivity index (χ1n) is 7.48. The molecule has 0 spiro atoms. The number of nitrogen functional groups attached to an aromatic ring is 1. The minimum atomic E-state index is 0.235. The number of hydrazine groups is 1. The largest absolute Gasteiger partial charge is 0.474 e. The smallest absolute Gasteiger partial charge is 0.219 e. The fraction of sp³-hybridized carbons (Fsp3) is 0.733. The van der Waals surface area contributed by atoms with Gasteiger partial charge < -0.3 is 10.2 Å². The van der Waals surface area contributed by atoms with Crippen LogP contribution in [0.4, 0.5) is 5.82 Å². The maximum Gasteiger partial charge on any atom is 0.219 e. The lowest BCUT2D eigenvalue weighted by Crippen LogP contribution is -2.36. The third-order valence-electron chi connectivity index (χ3n) is 4.20. The van der Waals surface area contributed by atoms with Crippen LogP contribution in [-0.2, 0) is 0 Å². The van der Waals surface area contributed by atoms with Gasteiger partial charge in [-0.15, -0.1) is 0 Å². The van der Waals surface area contributed by atoms with Crippen LogP contribution >= 0.6 is 0 Å².